The minimum absolute atomic E-state index is 0.424. The minimum atomic E-state index is -0.424. The van der Waals surface area contributed by atoms with Crippen LogP contribution in [0.2, 0.25) is 5.28 Å². The monoisotopic (exact) mass is 213 g/mol. The van der Waals surface area contributed by atoms with Gasteiger partial charge in [0, 0.05) is 20.1 Å². The number of nitrogens with zero attached hydrogens (tertiary/aromatic N) is 2. The zero-order valence-electron chi connectivity index (χ0n) is 7.87. The van der Waals surface area contributed by atoms with Crippen LogP contribution in [0.1, 0.15) is 5.69 Å². The molecule has 76 valence electrons. The summed E-state index contributed by atoms with van der Waals surface area (Å²) in [6.07, 6.45) is 3.13. The minimum Gasteiger partial charge on any atom is -0.388 e. The fourth-order valence-corrected chi connectivity index (χ4v) is 1.71. The van der Waals surface area contributed by atoms with Crippen LogP contribution in [0.4, 0.5) is 0 Å². The molecule has 0 bridgehead atoms. The molecule has 1 aromatic rings. The van der Waals surface area contributed by atoms with Crippen molar-refractivity contribution < 1.29 is 5.11 Å². The molecule has 1 atom stereocenters. The number of rotatable bonds is 1. The highest BCUT2D eigenvalue weighted by Crippen LogP contribution is 2.19. The summed E-state index contributed by atoms with van der Waals surface area (Å²) in [4.78, 5) is 3.99. The fraction of sp³-hybridized carbons (Fsp3) is 0.444. The second kappa shape index (κ2) is 3.73. The number of aliphatic hydroxyl groups is 1. The molecular formula is C9H12ClN3O. The Labute approximate surface area is 87.2 Å². The maximum Gasteiger partial charge on any atom is 0.202 e. The summed E-state index contributed by atoms with van der Waals surface area (Å²) in [5.74, 6) is 0. The topological polar surface area (TPSA) is 50.1 Å². The molecule has 1 aromatic heterocycles. The van der Waals surface area contributed by atoms with Gasteiger partial charge in [-0.05, 0) is 23.3 Å². The molecule has 0 fully saturated rings. The summed E-state index contributed by atoms with van der Waals surface area (Å²) < 4.78 is 1.80. The van der Waals surface area contributed by atoms with Crippen molar-refractivity contribution in [3.05, 3.63) is 23.3 Å². The maximum absolute atomic E-state index is 9.44. The van der Waals surface area contributed by atoms with Gasteiger partial charge in [-0.1, -0.05) is 0 Å². The molecule has 1 aliphatic heterocycles. The zero-order valence-corrected chi connectivity index (χ0v) is 8.62. The van der Waals surface area contributed by atoms with Crippen molar-refractivity contribution in [2.75, 3.05) is 13.1 Å². The number of halogens is 1. The molecule has 0 aromatic carbocycles. The van der Waals surface area contributed by atoms with E-state index in [1.165, 1.54) is 0 Å². The zero-order chi connectivity index (χ0) is 10.1. The van der Waals surface area contributed by atoms with Gasteiger partial charge in [-0.2, -0.15) is 0 Å². The van der Waals surface area contributed by atoms with E-state index in [-0.39, 0.29) is 0 Å². The van der Waals surface area contributed by atoms with Crippen LogP contribution in [0.15, 0.2) is 12.3 Å². The summed E-state index contributed by atoms with van der Waals surface area (Å²) in [5.41, 5.74) is 1.98. The third-order valence-corrected chi connectivity index (χ3v) is 2.67. The molecule has 0 amide bonds. The first-order chi connectivity index (χ1) is 6.68. The van der Waals surface area contributed by atoms with Crippen LogP contribution in [0.25, 0.3) is 5.57 Å². The summed E-state index contributed by atoms with van der Waals surface area (Å²) in [6, 6.07) is 0. The van der Waals surface area contributed by atoms with E-state index in [4.69, 9.17) is 11.6 Å². The molecule has 0 aliphatic carbocycles. The predicted molar refractivity (Wildman–Crippen MR) is 55.1 cm³/mol. The van der Waals surface area contributed by atoms with Crippen molar-refractivity contribution in [3.63, 3.8) is 0 Å². The van der Waals surface area contributed by atoms with Crippen LogP contribution in [0.5, 0.6) is 0 Å². The number of hydrogen-bond donors (Lipinski definition) is 2. The standard InChI is InChI=1S/C9H12ClN3O/c1-13-8(5-12-9(13)10)6-2-7(14)4-11-3-6/h2,5,7,11,14H,3-4H2,1H3. The Morgan fingerprint density at radius 3 is 3.07 bits per heavy atom. The SMILES string of the molecule is Cn1c(C2=CC(O)CNC2)cnc1Cl. The molecule has 4 nitrogen and oxygen atoms in total. The van der Waals surface area contributed by atoms with E-state index in [9.17, 15) is 5.11 Å². The Balaban J connectivity index is 2.35. The highest BCUT2D eigenvalue weighted by Gasteiger charge is 2.15. The van der Waals surface area contributed by atoms with E-state index in [1.54, 1.807) is 10.8 Å². The van der Waals surface area contributed by atoms with Gasteiger partial charge in [0.15, 0.2) is 0 Å². The Morgan fingerprint density at radius 1 is 1.71 bits per heavy atom. The van der Waals surface area contributed by atoms with E-state index >= 15 is 0 Å². The molecule has 1 aliphatic rings. The van der Waals surface area contributed by atoms with Gasteiger partial charge in [-0.3, -0.25) is 0 Å². The number of aromatic nitrogens is 2. The van der Waals surface area contributed by atoms with E-state index in [2.05, 4.69) is 10.3 Å². The van der Waals surface area contributed by atoms with Crippen molar-refractivity contribution in [2.24, 2.45) is 7.05 Å². The fourth-order valence-electron chi connectivity index (χ4n) is 1.57. The number of aliphatic hydroxyl groups excluding tert-OH is 1. The van der Waals surface area contributed by atoms with Gasteiger partial charge >= 0.3 is 0 Å². The molecule has 0 saturated heterocycles. The lowest BCUT2D eigenvalue weighted by Gasteiger charge is -2.18. The van der Waals surface area contributed by atoms with E-state index in [0.29, 0.717) is 11.8 Å². The van der Waals surface area contributed by atoms with Gasteiger partial charge in [0.2, 0.25) is 5.28 Å². The highest BCUT2D eigenvalue weighted by atomic mass is 35.5. The van der Waals surface area contributed by atoms with E-state index < -0.39 is 6.10 Å². The van der Waals surface area contributed by atoms with Gasteiger partial charge in [-0.25, -0.2) is 4.98 Å². The third kappa shape index (κ3) is 1.68. The van der Waals surface area contributed by atoms with Crippen molar-refractivity contribution in [2.45, 2.75) is 6.10 Å². The smallest absolute Gasteiger partial charge is 0.202 e. The maximum atomic E-state index is 9.44. The average molecular weight is 214 g/mol. The van der Waals surface area contributed by atoms with E-state index in [0.717, 1.165) is 17.8 Å². The quantitative estimate of drug-likeness (QED) is 0.711. The van der Waals surface area contributed by atoms with Crippen LogP contribution in [-0.2, 0) is 7.05 Å². The Bertz CT molecular complexity index is 372. The first kappa shape index (κ1) is 9.71. The first-order valence-electron chi connectivity index (χ1n) is 4.45. The van der Waals surface area contributed by atoms with Gasteiger partial charge in [0.05, 0.1) is 18.0 Å². The molecule has 0 spiro atoms. The van der Waals surface area contributed by atoms with Crippen LogP contribution in [-0.4, -0.2) is 33.9 Å². The first-order valence-corrected chi connectivity index (χ1v) is 4.83. The summed E-state index contributed by atoms with van der Waals surface area (Å²) in [5, 5.41) is 13.0. The van der Waals surface area contributed by atoms with Gasteiger partial charge in [-0.15, -0.1) is 0 Å². The Morgan fingerprint density at radius 2 is 2.50 bits per heavy atom. The van der Waals surface area contributed by atoms with Crippen LogP contribution < -0.4 is 5.32 Å². The van der Waals surface area contributed by atoms with Crippen LogP contribution in [0.3, 0.4) is 0 Å². The van der Waals surface area contributed by atoms with Crippen LogP contribution >= 0.6 is 11.6 Å². The number of β-amino-alcohol motifs (C(OH)–C–C–N with tert-alkyl or cyclic N) is 1. The van der Waals surface area contributed by atoms with Gasteiger partial charge in [0.25, 0.3) is 0 Å². The summed E-state index contributed by atoms with van der Waals surface area (Å²) in [7, 11) is 1.85. The largest absolute Gasteiger partial charge is 0.388 e. The average Bonchev–Trinajstić information content (AvgIpc) is 2.48. The Hall–Kier alpha value is -0.840. The van der Waals surface area contributed by atoms with E-state index in [1.807, 2.05) is 13.1 Å². The number of nitrogens with one attached hydrogen (secondary N) is 1. The van der Waals surface area contributed by atoms with Gasteiger partial charge in [0.1, 0.15) is 0 Å². The molecule has 0 saturated carbocycles. The molecule has 5 heteroatoms. The Kier molecular flexibility index (Phi) is 2.58. The lowest BCUT2D eigenvalue weighted by atomic mass is 10.1. The predicted octanol–water partition coefficient (Wildman–Crippen LogP) is 0.421. The molecule has 1 unspecified atom stereocenters. The number of hydrogen-bond acceptors (Lipinski definition) is 3. The lowest BCUT2D eigenvalue weighted by molar-refractivity contribution is 0.217. The molecule has 2 N–H and O–H groups in total. The van der Waals surface area contributed by atoms with Gasteiger partial charge < -0.3 is 15.0 Å². The van der Waals surface area contributed by atoms with Crippen molar-refractivity contribution in [3.8, 4) is 0 Å². The molecule has 2 rings (SSSR count). The van der Waals surface area contributed by atoms with Crippen molar-refractivity contribution in [1.82, 2.24) is 14.9 Å². The number of imidazole rings is 1. The van der Waals surface area contributed by atoms with Crippen molar-refractivity contribution in [1.29, 1.82) is 0 Å². The third-order valence-electron chi connectivity index (χ3n) is 2.32. The van der Waals surface area contributed by atoms with Crippen molar-refractivity contribution >= 4 is 17.2 Å². The molecule has 14 heavy (non-hydrogen) atoms. The van der Waals surface area contributed by atoms with Crippen LogP contribution in [0, 0.1) is 0 Å². The second-order valence-electron chi connectivity index (χ2n) is 3.36. The summed E-state index contributed by atoms with van der Waals surface area (Å²) >= 11 is 5.83. The lowest BCUT2D eigenvalue weighted by Crippen LogP contribution is -2.32. The molecule has 0 radical (unpaired) electrons. The summed E-state index contributed by atoms with van der Waals surface area (Å²) in [6.45, 7) is 1.35. The normalized spacial score (nSPS) is 22.2. The molecule has 2 heterocycles. The second-order valence-corrected chi connectivity index (χ2v) is 3.70. The molecular weight excluding hydrogens is 202 g/mol. The highest BCUT2D eigenvalue weighted by molar-refractivity contribution is 6.28.